The summed E-state index contributed by atoms with van der Waals surface area (Å²) in [5.74, 6) is -20.8. The molecule has 3 aromatic rings. The Kier molecular flexibility index (Phi) is 7.22. The zero-order chi connectivity index (χ0) is 29.8. The Morgan fingerprint density at radius 2 is 0.872 bits per heavy atom. The van der Waals surface area contributed by atoms with E-state index in [0.29, 0.717) is 0 Å². The summed E-state index contributed by atoms with van der Waals surface area (Å²) in [5.41, 5.74) is 0.543. The van der Waals surface area contributed by atoms with Crippen molar-refractivity contribution in [3.8, 4) is 23.0 Å². The van der Waals surface area contributed by atoms with Crippen molar-refractivity contribution in [1.29, 1.82) is 0 Å². The van der Waals surface area contributed by atoms with Gasteiger partial charge in [0.2, 0.25) is 17.4 Å². The van der Waals surface area contributed by atoms with Gasteiger partial charge in [0.15, 0.2) is 11.6 Å². The Morgan fingerprint density at radius 1 is 0.487 bits per heavy atom. The molecule has 0 aromatic heterocycles. The fourth-order valence-electron chi connectivity index (χ4n) is 3.03. The van der Waals surface area contributed by atoms with E-state index in [0.717, 1.165) is 0 Å². The molecule has 212 valence electrons. The van der Waals surface area contributed by atoms with Crippen LogP contribution in [0, 0.1) is 29.1 Å². The molecule has 3 aromatic carbocycles. The van der Waals surface area contributed by atoms with Gasteiger partial charge in [-0.1, -0.05) is 0 Å². The van der Waals surface area contributed by atoms with Gasteiger partial charge in [0.05, 0.1) is 11.4 Å². The van der Waals surface area contributed by atoms with Gasteiger partial charge in [-0.05, 0) is 12.1 Å². The second kappa shape index (κ2) is 9.57. The average Bonchev–Trinajstić information content (AvgIpc) is 2.77. The maximum atomic E-state index is 15.2. The Labute approximate surface area is 206 Å². The standard InChI is InChI=1S/C21H8F14N2O2/c22-7-1-5(19(27,28)29)11(3-9(7)36)38-17-13(21(33,34)35)14(24)15(25)18(16(17)26)39-12-4-10(37)8(23)2-6(12)20(30,31)32/h1-4H,36-37H2. The van der Waals surface area contributed by atoms with E-state index in [2.05, 4.69) is 9.47 Å². The maximum Gasteiger partial charge on any atom is 0.423 e. The van der Waals surface area contributed by atoms with Gasteiger partial charge in [-0.3, -0.25) is 0 Å². The predicted octanol–water partition coefficient (Wildman–Crippen LogP) is 8.19. The molecule has 0 fully saturated rings. The average molecular weight is 586 g/mol. The highest BCUT2D eigenvalue weighted by molar-refractivity contribution is 5.56. The number of halogens is 14. The van der Waals surface area contributed by atoms with Gasteiger partial charge in [0, 0.05) is 12.1 Å². The normalized spacial score (nSPS) is 12.6. The molecule has 0 atom stereocenters. The molecule has 0 bridgehead atoms. The third-order valence-electron chi connectivity index (χ3n) is 4.75. The summed E-state index contributed by atoms with van der Waals surface area (Å²) in [6, 6.07) is -0.767. The minimum atomic E-state index is -6.10. The smallest absolute Gasteiger partial charge is 0.423 e. The second-order valence-electron chi connectivity index (χ2n) is 7.41. The van der Waals surface area contributed by atoms with Crippen LogP contribution in [-0.2, 0) is 18.5 Å². The Morgan fingerprint density at radius 3 is 1.23 bits per heavy atom. The first-order chi connectivity index (χ1) is 17.6. The molecule has 0 saturated heterocycles. The van der Waals surface area contributed by atoms with Crippen LogP contribution in [0.15, 0.2) is 24.3 Å². The summed E-state index contributed by atoms with van der Waals surface area (Å²) in [5, 5.41) is 0. The number of rotatable bonds is 4. The van der Waals surface area contributed by atoms with Crippen LogP contribution >= 0.6 is 0 Å². The van der Waals surface area contributed by atoms with Crippen LogP contribution in [0.1, 0.15) is 16.7 Å². The summed E-state index contributed by atoms with van der Waals surface area (Å²) in [6.07, 6.45) is -17.2. The minimum Gasteiger partial charge on any atom is -0.453 e. The predicted molar refractivity (Wildman–Crippen MR) is 103 cm³/mol. The zero-order valence-electron chi connectivity index (χ0n) is 18.1. The molecule has 0 unspecified atom stereocenters. The van der Waals surface area contributed by atoms with Gasteiger partial charge in [-0.15, -0.1) is 0 Å². The number of nitrogens with two attached hydrogens (primary N) is 2. The van der Waals surface area contributed by atoms with Gasteiger partial charge in [0.1, 0.15) is 39.8 Å². The molecular weight excluding hydrogens is 578 g/mol. The molecular formula is C21H8F14N2O2. The third-order valence-corrected chi connectivity index (χ3v) is 4.75. The Bertz CT molecular complexity index is 1450. The van der Waals surface area contributed by atoms with Crippen LogP contribution in [0.25, 0.3) is 0 Å². The lowest BCUT2D eigenvalue weighted by molar-refractivity contribution is -0.142. The van der Waals surface area contributed by atoms with Crippen molar-refractivity contribution in [2.45, 2.75) is 18.5 Å². The van der Waals surface area contributed by atoms with Gasteiger partial charge < -0.3 is 20.9 Å². The molecule has 4 N–H and O–H groups in total. The van der Waals surface area contributed by atoms with Crippen molar-refractivity contribution in [3.05, 3.63) is 70.0 Å². The number of alkyl halides is 9. The molecule has 0 heterocycles. The highest BCUT2D eigenvalue weighted by Crippen LogP contribution is 2.50. The van der Waals surface area contributed by atoms with Gasteiger partial charge in [0.25, 0.3) is 0 Å². The molecule has 0 spiro atoms. The number of benzene rings is 3. The van der Waals surface area contributed by atoms with Gasteiger partial charge >= 0.3 is 18.5 Å². The molecule has 0 radical (unpaired) electrons. The minimum absolute atomic E-state index is 0.00439. The van der Waals surface area contributed by atoms with Crippen molar-refractivity contribution in [2.24, 2.45) is 0 Å². The van der Waals surface area contributed by atoms with Crippen molar-refractivity contribution >= 4 is 11.4 Å². The lowest BCUT2D eigenvalue weighted by Crippen LogP contribution is -2.16. The number of anilines is 2. The largest absolute Gasteiger partial charge is 0.453 e. The number of hydrogen-bond acceptors (Lipinski definition) is 4. The molecule has 0 amide bonds. The highest BCUT2D eigenvalue weighted by Gasteiger charge is 2.45. The van der Waals surface area contributed by atoms with Gasteiger partial charge in [-0.2, -0.15) is 48.3 Å². The van der Waals surface area contributed by atoms with Crippen molar-refractivity contribution in [2.75, 3.05) is 11.5 Å². The van der Waals surface area contributed by atoms with E-state index in [1.54, 1.807) is 0 Å². The highest BCUT2D eigenvalue weighted by atomic mass is 19.4. The monoisotopic (exact) mass is 586 g/mol. The van der Waals surface area contributed by atoms with E-state index in [1.807, 2.05) is 0 Å². The SMILES string of the molecule is Nc1cc(Oc2c(F)c(F)c(C(F)(F)F)c(Oc3cc(N)c(F)cc3C(F)(F)F)c2F)c(C(F)(F)F)cc1F. The molecule has 39 heavy (non-hydrogen) atoms. The van der Waals surface area contributed by atoms with Crippen molar-refractivity contribution in [3.63, 3.8) is 0 Å². The first kappa shape index (κ1) is 29.4. The van der Waals surface area contributed by atoms with E-state index in [4.69, 9.17) is 11.5 Å². The Balaban J connectivity index is 2.34. The first-order valence-corrected chi connectivity index (χ1v) is 9.60. The molecule has 18 heteroatoms. The fourth-order valence-corrected chi connectivity index (χ4v) is 3.03. The van der Waals surface area contributed by atoms with Crippen LogP contribution < -0.4 is 20.9 Å². The van der Waals surface area contributed by atoms with Gasteiger partial charge in [-0.25, -0.2) is 13.2 Å². The zero-order valence-corrected chi connectivity index (χ0v) is 18.1. The van der Waals surface area contributed by atoms with E-state index in [-0.39, 0.29) is 24.3 Å². The van der Waals surface area contributed by atoms with Crippen LogP contribution in [0.4, 0.5) is 72.8 Å². The number of nitrogen functional groups attached to an aromatic ring is 2. The summed E-state index contributed by atoms with van der Waals surface area (Å²) in [6.45, 7) is 0. The van der Waals surface area contributed by atoms with Crippen LogP contribution in [0.2, 0.25) is 0 Å². The molecule has 0 aliphatic heterocycles. The molecule has 4 nitrogen and oxygen atoms in total. The van der Waals surface area contributed by atoms with Crippen LogP contribution in [0.3, 0.4) is 0 Å². The topological polar surface area (TPSA) is 70.5 Å². The van der Waals surface area contributed by atoms with E-state index < -0.39 is 98.7 Å². The summed E-state index contributed by atoms with van der Waals surface area (Å²) in [7, 11) is 0. The van der Waals surface area contributed by atoms with Crippen molar-refractivity contribution < 1.29 is 70.9 Å². The lowest BCUT2D eigenvalue weighted by Gasteiger charge is -2.21. The Hall–Kier alpha value is -4.12. The quantitative estimate of drug-likeness (QED) is 0.184. The molecule has 0 aliphatic carbocycles. The summed E-state index contributed by atoms with van der Waals surface area (Å²) >= 11 is 0. The second-order valence-corrected chi connectivity index (χ2v) is 7.41. The molecule has 3 rings (SSSR count). The number of hydrogen-bond donors (Lipinski definition) is 2. The van der Waals surface area contributed by atoms with Crippen LogP contribution in [-0.4, -0.2) is 0 Å². The summed E-state index contributed by atoms with van der Waals surface area (Å²) in [4.78, 5) is 0. The van der Waals surface area contributed by atoms with E-state index in [1.165, 1.54) is 0 Å². The molecule has 0 aliphatic rings. The van der Waals surface area contributed by atoms with Crippen molar-refractivity contribution in [1.82, 2.24) is 0 Å². The molecule has 0 saturated carbocycles. The summed E-state index contributed by atoms with van der Waals surface area (Å²) < 4.78 is 200. The van der Waals surface area contributed by atoms with E-state index in [9.17, 15) is 57.1 Å². The lowest BCUT2D eigenvalue weighted by atomic mass is 10.1. The number of ether oxygens (including phenoxy) is 2. The third kappa shape index (κ3) is 5.68. The fraction of sp³-hybridized carbons (Fsp3) is 0.143. The van der Waals surface area contributed by atoms with Crippen LogP contribution in [0.5, 0.6) is 23.0 Å². The van der Waals surface area contributed by atoms with E-state index >= 15 is 4.39 Å². The maximum absolute atomic E-state index is 15.2. The first-order valence-electron chi connectivity index (χ1n) is 9.60.